The summed E-state index contributed by atoms with van der Waals surface area (Å²) in [6.45, 7) is 13.8. The average molecular weight is 1100 g/mol. The van der Waals surface area contributed by atoms with Crippen LogP contribution < -0.4 is 0 Å². The van der Waals surface area contributed by atoms with Crippen molar-refractivity contribution >= 4 is 11.9 Å². The molecule has 0 atom stereocenters. The smallest absolute Gasteiger partial charge is 0.306 e. The molecule has 0 aliphatic heterocycles. The highest BCUT2D eigenvalue weighted by molar-refractivity contribution is 5.71. The van der Waals surface area contributed by atoms with Crippen molar-refractivity contribution in [3.8, 4) is 0 Å². The van der Waals surface area contributed by atoms with Crippen molar-refractivity contribution in [1.29, 1.82) is 0 Å². The van der Waals surface area contributed by atoms with Gasteiger partial charge in [0, 0.05) is 12.8 Å². The Bertz CT molecular complexity index is 1040. The Morgan fingerprint density at radius 2 is 0.321 bits per heavy atom. The highest BCUT2D eigenvalue weighted by atomic mass is 16.6. The fourth-order valence-electron chi connectivity index (χ4n) is 12.7. The fourth-order valence-corrected chi connectivity index (χ4v) is 12.7. The lowest BCUT2D eigenvalue weighted by Gasteiger charge is -2.35. The van der Waals surface area contributed by atoms with Crippen molar-refractivity contribution in [2.45, 2.75) is 464 Å². The number of hydrogen-bond acceptors (Lipinski definition) is 4. The van der Waals surface area contributed by atoms with E-state index >= 15 is 0 Å². The highest BCUT2D eigenvalue weighted by Crippen LogP contribution is 2.36. The summed E-state index contributed by atoms with van der Waals surface area (Å²) in [5.74, 6) is -0.0324. The molecule has 0 heterocycles. The largest absolute Gasteiger partial charge is 0.459 e. The number of rotatable bonds is 67. The molecule has 4 nitrogen and oxygen atoms in total. The molecule has 0 unspecified atom stereocenters. The van der Waals surface area contributed by atoms with E-state index in [0.29, 0.717) is 25.7 Å². The summed E-state index contributed by atoms with van der Waals surface area (Å²) in [7, 11) is 0. The molecule has 0 fully saturated rings. The van der Waals surface area contributed by atoms with Crippen LogP contribution >= 0.6 is 0 Å². The number of unbranched alkanes of at least 4 members (excludes halogenated alkanes) is 49. The van der Waals surface area contributed by atoms with Crippen LogP contribution in [0.25, 0.3) is 0 Å². The van der Waals surface area contributed by atoms with Gasteiger partial charge in [-0.05, 0) is 89.9 Å². The first-order chi connectivity index (χ1) is 38.4. The number of esters is 2. The molecule has 0 spiro atoms. The van der Waals surface area contributed by atoms with E-state index in [1.807, 2.05) is 0 Å². The Morgan fingerprint density at radius 3 is 0.462 bits per heavy atom. The molecule has 0 saturated heterocycles. The van der Waals surface area contributed by atoms with Crippen molar-refractivity contribution in [3.63, 3.8) is 0 Å². The van der Waals surface area contributed by atoms with Crippen LogP contribution in [-0.2, 0) is 19.1 Å². The molecule has 0 aliphatic rings. The van der Waals surface area contributed by atoms with Gasteiger partial charge in [0.2, 0.25) is 0 Å². The van der Waals surface area contributed by atoms with Crippen LogP contribution in [0.2, 0.25) is 0 Å². The van der Waals surface area contributed by atoms with Crippen LogP contribution in [-0.4, -0.2) is 23.1 Å². The van der Waals surface area contributed by atoms with Gasteiger partial charge in [-0.2, -0.15) is 0 Å². The van der Waals surface area contributed by atoms with Gasteiger partial charge in [0.25, 0.3) is 0 Å². The second kappa shape index (κ2) is 62.0. The summed E-state index contributed by atoms with van der Waals surface area (Å²) in [6, 6.07) is 0. The fraction of sp³-hybridized carbons (Fsp3) is 0.973. The van der Waals surface area contributed by atoms with Gasteiger partial charge in [0.05, 0.1) is 0 Å². The van der Waals surface area contributed by atoms with Crippen LogP contribution in [0.4, 0.5) is 0 Å². The molecular formula is C74H146O4. The molecule has 466 valence electrons. The third-order valence-corrected chi connectivity index (χ3v) is 18.1. The molecule has 78 heavy (non-hydrogen) atoms. The van der Waals surface area contributed by atoms with Crippen molar-refractivity contribution in [1.82, 2.24) is 0 Å². The van der Waals surface area contributed by atoms with Crippen molar-refractivity contribution in [2.75, 3.05) is 0 Å². The Hall–Kier alpha value is -1.06. The summed E-state index contributed by atoms with van der Waals surface area (Å²) in [5.41, 5.74) is -0.667. The number of carbonyl (C=O) groups excluding carboxylic acids is 2. The molecular weight excluding hydrogens is 953 g/mol. The summed E-state index contributed by atoms with van der Waals surface area (Å²) in [4.78, 5) is 28.2. The van der Waals surface area contributed by atoms with Gasteiger partial charge in [0.1, 0.15) is 11.2 Å². The maximum absolute atomic E-state index is 14.1. The van der Waals surface area contributed by atoms with Crippen LogP contribution in [0, 0.1) is 0 Å². The van der Waals surface area contributed by atoms with E-state index in [0.717, 1.165) is 51.4 Å². The van der Waals surface area contributed by atoms with Gasteiger partial charge < -0.3 is 9.47 Å². The average Bonchev–Trinajstić information content (AvgIpc) is 3.43. The van der Waals surface area contributed by atoms with E-state index in [9.17, 15) is 9.59 Å². The Labute approximate surface area is 492 Å². The van der Waals surface area contributed by atoms with Gasteiger partial charge in [-0.3, -0.25) is 9.59 Å². The maximum atomic E-state index is 14.1. The van der Waals surface area contributed by atoms with Gasteiger partial charge in [0.15, 0.2) is 0 Å². The Balaban J connectivity index is 5.81. The zero-order valence-corrected chi connectivity index (χ0v) is 54.9. The minimum atomic E-state index is -0.333. The molecule has 0 radical (unpaired) electrons. The predicted octanol–water partition coefficient (Wildman–Crippen LogP) is 26.6. The maximum Gasteiger partial charge on any atom is 0.306 e. The van der Waals surface area contributed by atoms with E-state index in [1.165, 1.54) is 334 Å². The SMILES string of the molecule is CCCCCCCCCCCCCC(CCCCCCC)(CCCCCCCCCCCCC)OC(=O)CCCCC(=O)OC(CCCCCCC)(CCCCCCCCCCCCC)CCCCCCCCCCCCC. The summed E-state index contributed by atoms with van der Waals surface area (Å²) < 4.78 is 13.7. The predicted molar refractivity (Wildman–Crippen MR) is 347 cm³/mol. The zero-order chi connectivity index (χ0) is 56.8. The standard InChI is InChI=1S/C74H146O4/c1-7-13-19-25-29-33-37-41-45-51-59-67-73(65-57-49-23-17-11-5,68-60-52-46-42-38-34-30-26-20-14-8-2)77-71(75)63-55-56-64-72(76)78-74(66-58-50-24-18-12-6,69-61-53-47-43-39-35-31-27-21-15-9-3)70-62-54-48-44-40-36-32-28-22-16-10-4/h7-70H2,1-6H3. The van der Waals surface area contributed by atoms with Crippen LogP contribution in [0.1, 0.15) is 452 Å². The number of hydrogen-bond donors (Lipinski definition) is 0. The molecule has 4 heteroatoms. The molecule has 0 aromatic heterocycles. The summed E-state index contributed by atoms with van der Waals surface area (Å²) >= 11 is 0. The number of ether oxygens (including phenoxy) is 2. The molecule has 0 rings (SSSR count). The Kier molecular flexibility index (Phi) is 61.2. The topological polar surface area (TPSA) is 52.6 Å². The minimum Gasteiger partial charge on any atom is -0.459 e. The first kappa shape index (κ1) is 76.9. The molecule has 0 bridgehead atoms. The van der Waals surface area contributed by atoms with Crippen molar-refractivity contribution in [2.24, 2.45) is 0 Å². The first-order valence-corrected chi connectivity index (χ1v) is 36.8. The van der Waals surface area contributed by atoms with Crippen LogP contribution in [0.5, 0.6) is 0 Å². The first-order valence-electron chi connectivity index (χ1n) is 36.8. The minimum absolute atomic E-state index is 0.0162. The zero-order valence-electron chi connectivity index (χ0n) is 54.9. The van der Waals surface area contributed by atoms with E-state index in [2.05, 4.69) is 41.5 Å². The summed E-state index contributed by atoms with van der Waals surface area (Å²) in [6.07, 6.45) is 79.8. The monoisotopic (exact) mass is 1100 g/mol. The lowest BCUT2D eigenvalue weighted by atomic mass is 9.84. The quantitative estimate of drug-likeness (QED) is 0.0450. The van der Waals surface area contributed by atoms with Gasteiger partial charge in [-0.1, -0.05) is 350 Å². The normalized spacial score (nSPS) is 12.0. The van der Waals surface area contributed by atoms with Gasteiger partial charge in [-0.25, -0.2) is 0 Å². The summed E-state index contributed by atoms with van der Waals surface area (Å²) in [5, 5.41) is 0. The van der Waals surface area contributed by atoms with Crippen molar-refractivity contribution < 1.29 is 19.1 Å². The highest BCUT2D eigenvalue weighted by Gasteiger charge is 2.34. The van der Waals surface area contributed by atoms with E-state index in [-0.39, 0.29) is 23.1 Å². The number of carbonyl (C=O) groups is 2. The molecule has 0 aliphatic carbocycles. The third kappa shape index (κ3) is 53.0. The van der Waals surface area contributed by atoms with Crippen LogP contribution in [0.15, 0.2) is 0 Å². The van der Waals surface area contributed by atoms with E-state index in [4.69, 9.17) is 9.47 Å². The molecule has 0 saturated carbocycles. The Morgan fingerprint density at radius 1 is 0.192 bits per heavy atom. The second-order valence-electron chi connectivity index (χ2n) is 26.0. The second-order valence-corrected chi connectivity index (χ2v) is 26.0. The van der Waals surface area contributed by atoms with Crippen LogP contribution in [0.3, 0.4) is 0 Å². The lowest BCUT2D eigenvalue weighted by Crippen LogP contribution is -2.36. The van der Waals surface area contributed by atoms with Crippen molar-refractivity contribution in [3.05, 3.63) is 0 Å². The molecule has 0 N–H and O–H groups in total. The molecule has 0 aromatic rings. The third-order valence-electron chi connectivity index (χ3n) is 18.1. The van der Waals surface area contributed by atoms with E-state index in [1.54, 1.807) is 0 Å². The lowest BCUT2D eigenvalue weighted by molar-refractivity contribution is -0.165. The van der Waals surface area contributed by atoms with Gasteiger partial charge in [-0.15, -0.1) is 0 Å². The molecule has 0 amide bonds. The van der Waals surface area contributed by atoms with Gasteiger partial charge >= 0.3 is 11.9 Å². The van der Waals surface area contributed by atoms with E-state index < -0.39 is 0 Å². The molecule has 0 aromatic carbocycles.